The van der Waals surface area contributed by atoms with Crippen LogP contribution in [0.25, 0.3) is 16.6 Å². The van der Waals surface area contributed by atoms with Gasteiger partial charge in [-0.2, -0.15) is 0 Å². The van der Waals surface area contributed by atoms with Crippen molar-refractivity contribution < 1.29 is 4.74 Å². The standard InChI is InChI=1S/C30H22BNOS/c1-5-13-24-20(9-1)21-10-2-6-14-25(21)32(24)19-17-27-30-29(18-19)34-28-16-8-4-12-23(28)31(30)22-11-3-7-15-26(22)33-27/h1,3-5,7-9,11-13,15-18H,2,6,10,14H2. The average molecular weight is 455 g/mol. The second-order valence-electron chi connectivity index (χ2n) is 9.55. The molecule has 0 saturated carbocycles. The molecule has 5 aromatic rings. The van der Waals surface area contributed by atoms with Crippen molar-refractivity contribution in [3.05, 3.63) is 96.2 Å². The number of ether oxygens (including phenoxy) is 1. The lowest BCUT2D eigenvalue weighted by atomic mass is 9.35. The van der Waals surface area contributed by atoms with Gasteiger partial charge in [-0.15, -0.1) is 0 Å². The van der Waals surface area contributed by atoms with E-state index in [0.717, 1.165) is 17.9 Å². The first kappa shape index (κ1) is 19.0. The van der Waals surface area contributed by atoms with E-state index < -0.39 is 0 Å². The summed E-state index contributed by atoms with van der Waals surface area (Å²) >= 11 is 1.89. The van der Waals surface area contributed by atoms with E-state index in [0.29, 0.717) is 0 Å². The zero-order valence-electron chi connectivity index (χ0n) is 18.8. The van der Waals surface area contributed by atoms with Crippen LogP contribution in [0.5, 0.6) is 11.5 Å². The Hall–Kier alpha value is -3.37. The van der Waals surface area contributed by atoms with Crippen molar-refractivity contribution in [3.8, 4) is 17.2 Å². The SMILES string of the molecule is c1ccc2c(c1)Oc1cc(-n3c4c(c5ccccc53)CCCC4)cc3c1B2c1ccccc1S3. The highest BCUT2D eigenvalue weighted by Crippen LogP contribution is 2.41. The van der Waals surface area contributed by atoms with Gasteiger partial charge in [-0.1, -0.05) is 71.8 Å². The molecule has 3 heterocycles. The Morgan fingerprint density at radius 3 is 2.50 bits per heavy atom. The summed E-state index contributed by atoms with van der Waals surface area (Å²) in [4.78, 5) is 2.66. The predicted molar refractivity (Wildman–Crippen MR) is 142 cm³/mol. The van der Waals surface area contributed by atoms with Gasteiger partial charge in [-0.25, -0.2) is 0 Å². The number of para-hydroxylation sites is 2. The van der Waals surface area contributed by atoms with Crippen LogP contribution in [0.4, 0.5) is 0 Å². The van der Waals surface area contributed by atoms with Crippen molar-refractivity contribution in [2.24, 2.45) is 0 Å². The monoisotopic (exact) mass is 455 g/mol. The third kappa shape index (κ3) is 2.55. The number of benzene rings is 4. The largest absolute Gasteiger partial charge is 0.458 e. The van der Waals surface area contributed by atoms with Crippen LogP contribution < -0.4 is 21.1 Å². The molecule has 1 aromatic heterocycles. The number of aromatic nitrogens is 1. The number of aryl methyl sites for hydroxylation is 1. The number of fused-ring (bicyclic) bond motifs is 7. The van der Waals surface area contributed by atoms with E-state index in [1.165, 1.54) is 73.3 Å². The maximum atomic E-state index is 6.61. The van der Waals surface area contributed by atoms with E-state index in [9.17, 15) is 0 Å². The lowest BCUT2D eigenvalue weighted by Gasteiger charge is -2.33. The molecule has 34 heavy (non-hydrogen) atoms. The number of rotatable bonds is 1. The van der Waals surface area contributed by atoms with Crippen LogP contribution in [-0.2, 0) is 12.8 Å². The maximum absolute atomic E-state index is 6.61. The van der Waals surface area contributed by atoms with Crippen molar-refractivity contribution in [1.82, 2.24) is 4.57 Å². The topological polar surface area (TPSA) is 14.2 Å². The van der Waals surface area contributed by atoms with Crippen molar-refractivity contribution in [2.45, 2.75) is 35.5 Å². The third-order valence-corrected chi connectivity index (χ3v) is 8.86. The molecule has 0 radical (unpaired) electrons. The first-order valence-corrected chi connectivity index (χ1v) is 13.0. The highest BCUT2D eigenvalue weighted by molar-refractivity contribution is 8.00. The first-order valence-electron chi connectivity index (χ1n) is 12.2. The number of hydrogen-bond donors (Lipinski definition) is 0. The molecule has 0 saturated heterocycles. The molecule has 3 aliphatic rings. The van der Waals surface area contributed by atoms with E-state index in [1.807, 2.05) is 11.8 Å². The average Bonchev–Trinajstić information content (AvgIpc) is 3.23. The fourth-order valence-electron chi connectivity index (χ4n) is 6.30. The molecule has 1 aliphatic carbocycles. The summed E-state index contributed by atoms with van der Waals surface area (Å²) in [5.41, 5.74) is 9.52. The molecule has 162 valence electrons. The highest BCUT2D eigenvalue weighted by atomic mass is 32.2. The van der Waals surface area contributed by atoms with Crippen LogP contribution in [0.3, 0.4) is 0 Å². The van der Waals surface area contributed by atoms with Crippen LogP contribution in [0, 0.1) is 0 Å². The van der Waals surface area contributed by atoms with Gasteiger partial charge in [0, 0.05) is 26.9 Å². The van der Waals surface area contributed by atoms with Gasteiger partial charge in [0.05, 0.1) is 11.2 Å². The molecule has 2 nitrogen and oxygen atoms in total. The minimum atomic E-state index is 0.219. The quantitative estimate of drug-likeness (QED) is 0.300. The van der Waals surface area contributed by atoms with Gasteiger partial charge in [-0.3, -0.25) is 0 Å². The normalized spacial score (nSPS) is 15.2. The second-order valence-corrected chi connectivity index (χ2v) is 10.6. The Labute approximate surface area is 203 Å². The lowest BCUT2D eigenvalue weighted by Crippen LogP contribution is -2.57. The lowest BCUT2D eigenvalue weighted by molar-refractivity contribution is 0.486. The van der Waals surface area contributed by atoms with E-state index in [1.54, 1.807) is 0 Å². The van der Waals surface area contributed by atoms with Gasteiger partial charge in [0.1, 0.15) is 11.5 Å². The summed E-state index contributed by atoms with van der Waals surface area (Å²) in [5.74, 6) is 1.98. The fourth-order valence-corrected chi connectivity index (χ4v) is 7.49. The van der Waals surface area contributed by atoms with Crippen LogP contribution in [0.2, 0.25) is 0 Å². The molecule has 0 unspecified atom stereocenters. The van der Waals surface area contributed by atoms with Crippen LogP contribution in [0.15, 0.2) is 94.7 Å². The van der Waals surface area contributed by atoms with Gasteiger partial charge in [-0.05, 0) is 66.4 Å². The van der Waals surface area contributed by atoms with Crippen molar-refractivity contribution in [1.29, 1.82) is 0 Å². The number of hydrogen-bond acceptors (Lipinski definition) is 2. The first-order chi connectivity index (χ1) is 16.9. The Bertz CT molecular complexity index is 1560. The molecule has 0 N–H and O–H groups in total. The van der Waals surface area contributed by atoms with Gasteiger partial charge >= 0.3 is 0 Å². The third-order valence-electron chi connectivity index (χ3n) is 7.71. The van der Waals surface area contributed by atoms with Crippen molar-refractivity contribution in [3.63, 3.8) is 0 Å². The zero-order valence-corrected chi connectivity index (χ0v) is 19.6. The summed E-state index contributed by atoms with van der Waals surface area (Å²) in [7, 11) is 0. The summed E-state index contributed by atoms with van der Waals surface area (Å²) < 4.78 is 9.12. The Kier molecular flexibility index (Phi) is 3.95. The predicted octanol–water partition coefficient (Wildman–Crippen LogP) is 5.60. The van der Waals surface area contributed by atoms with Crippen LogP contribution >= 0.6 is 11.8 Å². The van der Waals surface area contributed by atoms with E-state index >= 15 is 0 Å². The summed E-state index contributed by atoms with van der Waals surface area (Å²) in [6, 6.07) is 31.0. The van der Waals surface area contributed by atoms with Crippen molar-refractivity contribution in [2.75, 3.05) is 0 Å². The van der Waals surface area contributed by atoms with Gasteiger partial charge in [0.25, 0.3) is 6.71 Å². The minimum Gasteiger partial charge on any atom is -0.458 e. The Balaban J connectivity index is 1.42. The van der Waals surface area contributed by atoms with Gasteiger partial charge in [0.15, 0.2) is 0 Å². The van der Waals surface area contributed by atoms with Gasteiger partial charge < -0.3 is 9.30 Å². The number of nitrogens with zero attached hydrogens (tertiary/aromatic N) is 1. The molecular formula is C30H22BNOS. The summed E-state index contributed by atoms with van der Waals surface area (Å²) in [6.45, 7) is 0.219. The molecular weight excluding hydrogens is 433 g/mol. The maximum Gasteiger partial charge on any atom is 0.253 e. The Morgan fingerprint density at radius 1 is 0.735 bits per heavy atom. The molecule has 0 spiro atoms. The zero-order chi connectivity index (χ0) is 22.2. The summed E-state index contributed by atoms with van der Waals surface area (Å²) in [6.07, 6.45) is 4.85. The van der Waals surface area contributed by atoms with E-state index in [-0.39, 0.29) is 6.71 Å². The minimum absolute atomic E-state index is 0.219. The second kappa shape index (κ2) is 7.07. The van der Waals surface area contributed by atoms with Gasteiger partial charge in [0.2, 0.25) is 0 Å². The molecule has 0 atom stereocenters. The molecule has 2 aliphatic heterocycles. The molecule has 4 heteroatoms. The van der Waals surface area contributed by atoms with Crippen LogP contribution in [-0.4, -0.2) is 11.3 Å². The molecule has 0 bridgehead atoms. The molecule has 0 amide bonds. The van der Waals surface area contributed by atoms with Crippen molar-refractivity contribution >= 4 is 45.8 Å². The van der Waals surface area contributed by atoms with E-state index in [4.69, 9.17) is 4.74 Å². The summed E-state index contributed by atoms with van der Waals surface area (Å²) in [5, 5.41) is 1.41. The molecule has 8 rings (SSSR count). The molecule has 4 aromatic carbocycles. The fraction of sp³-hybridized carbons (Fsp3) is 0.133. The smallest absolute Gasteiger partial charge is 0.253 e. The van der Waals surface area contributed by atoms with E-state index in [2.05, 4.69) is 89.5 Å². The van der Waals surface area contributed by atoms with Crippen LogP contribution in [0.1, 0.15) is 24.1 Å². The Morgan fingerprint density at radius 2 is 1.53 bits per heavy atom. The molecule has 0 fully saturated rings. The highest BCUT2D eigenvalue weighted by Gasteiger charge is 2.39.